The van der Waals surface area contributed by atoms with Crippen molar-refractivity contribution in [2.24, 2.45) is 17.8 Å². The van der Waals surface area contributed by atoms with E-state index in [1.807, 2.05) is 34.6 Å². The van der Waals surface area contributed by atoms with Crippen molar-refractivity contribution in [3.05, 3.63) is 29.8 Å². The lowest BCUT2D eigenvalue weighted by atomic mass is 9.93. The van der Waals surface area contributed by atoms with Gasteiger partial charge in [0.05, 0.1) is 4.90 Å². The molecule has 0 bridgehead atoms. The number of rotatable bonds is 11. The van der Waals surface area contributed by atoms with Gasteiger partial charge in [0.25, 0.3) is 0 Å². The molecule has 196 valence electrons. The second kappa shape index (κ2) is 12.5. The van der Waals surface area contributed by atoms with E-state index in [1.54, 1.807) is 17.0 Å². The minimum Gasteiger partial charge on any atom is -0.480 e. The van der Waals surface area contributed by atoms with Crippen LogP contribution in [-0.4, -0.2) is 61.4 Å². The van der Waals surface area contributed by atoms with Gasteiger partial charge in [-0.25, -0.2) is 13.2 Å². The smallest absolute Gasteiger partial charge is 0.326 e. The van der Waals surface area contributed by atoms with E-state index in [1.165, 1.54) is 12.1 Å². The summed E-state index contributed by atoms with van der Waals surface area (Å²) < 4.78 is 28.5. The first-order valence-electron chi connectivity index (χ1n) is 12.3. The number of hydrogen-bond donors (Lipinski definition) is 3. The number of aliphatic carboxylic acids is 1. The van der Waals surface area contributed by atoms with Crippen molar-refractivity contribution in [1.82, 2.24) is 14.9 Å². The van der Waals surface area contributed by atoms with Crippen molar-refractivity contribution in [2.75, 3.05) is 13.1 Å². The van der Waals surface area contributed by atoms with Crippen molar-refractivity contribution in [3.63, 3.8) is 0 Å². The van der Waals surface area contributed by atoms with E-state index >= 15 is 0 Å². The van der Waals surface area contributed by atoms with Crippen LogP contribution in [0.25, 0.3) is 0 Å². The fourth-order valence-corrected chi connectivity index (χ4v) is 5.44. The maximum atomic E-state index is 13.3. The molecule has 35 heavy (non-hydrogen) atoms. The highest BCUT2D eigenvalue weighted by molar-refractivity contribution is 7.89. The molecule has 2 amide bonds. The Balaban J connectivity index is 2.05. The van der Waals surface area contributed by atoms with Gasteiger partial charge >= 0.3 is 5.97 Å². The third-order valence-electron chi connectivity index (χ3n) is 6.59. The summed E-state index contributed by atoms with van der Waals surface area (Å²) >= 11 is 0. The van der Waals surface area contributed by atoms with Crippen LogP contribution in [0.4, 0.5) is 0 Å². The Hall–Kier alpha value is -2.46. The average molecular weight is 510 g/mol. The predicted molar refractivity (Wildman–Crippen MR) is 133 cm³/mol. The quantitative estimate of drug-likeness (QED) is 0.420. The Bertz CT molecular complexity index is 985. The molecule has 3 N–H and O–H groups in total. The van der Waals surface area contributed by atoms with E-state index in [2.05, 4.69) is 10.0 Å². The molecule has 3 atom stereocenters. The van der Waals surface area contributed by atoms with Crippen LogP contribution in [0.2, 0.25) is 0 Å². The number of carbonyl (C=O) groups is 3. The maximum absolute atomic E-state index is 13.3. The molecule has 9 nitrogen and oxygen atoms in total. The highest BCUT2D eigenvalue weighted by Crippen LogP contribution is 2.22. The number of aryl methyl sites for hydroxylation is 1. The number of nitrogens with zero attached hydrogens (tertiary/aromatic N) is 1. The minimum atomic E-state index is -3.89. The molecule has 1 aromatic carbocycles. The molecule has 0 aliphatic carbocycles. The summed E-state index contributed by atoms with van der Waals surface area (Å²) in [4.78, 5) is 39.2. The normalized spacial score (nSPS) is 17.6. The van der Waals surface area contributed by atoms with Gasteiger partial charge in [-0.2, -0.15) is 4.72 Å². The second-order valence-corrected chi connectivity index (χ2v) is 11.6. The van der Waals surface area contributed by atoms with E-state index in [0.29, 0.717) is 38.8 Å². The maximum Gasteiger partial charge on any atom is 0.326 e. The average Bonchev–Trinajstić information content (AvgIpc) is 2.81. The molecule has 1 saturated heterocycles. The first kappa shape index (κ1) is 28.8. The van der Waals surface area contributed by atoms with Crippen molar-refractivity contribution >= 4 is 27.8 Å². The lowest BCUT2D eigenvalue weighted by Gasteiger charge is -2.35. The van der Waals surface area contributed by atoms with Crippen LogP contribution in [0.3, 0.4) is 0 Å². The molecule has 0 aromatic heterocycles. The Morgan fingerprint density at radius 3 is 2.14 bits per heavy atom. The SMILES string of the molecule is CCC(C)C(NS(=O)(=O)c1ccc(C)cc1)C(=O)N1CCC(C(=O)NC(CC(C)C)C(=O)O)CC1. The zero-order chi connectivity index (χ0) is 26.3. The number of hydrogen-bond acceptors (Lipinski definition) is 5. The third-order valence-corrected chi connectivity index (χ3v) is 8.05. The topological polar surface area (TPSA) is 133 Å². The van der Waals surface area contributed by atoms with E-state index in [9.17, 15) is 27.9 Å². The summed E-state index contributed by atoms with van der Waals surface area (Å²) in [6.45, 7) is 10.0. The van der Waals surface area contributed by atoms with Crippen LogP contribution < -0.4 is 10.0 Å². The van der Waals surface area contributed by atoms with Crippen LogP contribution >= 0.6 is 0 Å². The first-order valence-corrected chi connectivity index (χ1v) is 13.7. The van der Waals surface area contributed by atoms with Crippen molar-refractivity contribution in [2.45, 2.75) is 77.3 Å². The molecule has 10 heteroatoms. The standard InChI is InChI=1S/C25H39N3O6S/c1-6-18(5)22(27-35(33,34)20-9-7-17(4)8-10-20)24(30)28-13-11-19(12-14-28)23(29)26-21(25(31)32)15-16(2)3/h7-10,16,18-19,21-22,27H,6,11-15H2,1-5H3,(H,26,29)(H,31,32). The fourth-order valence-electron chi connectivity index (χ4n) is 4.14. The third kappa shape index (κ3) is 8.03. The number of sulfonamides is 1. The van der Waals surface area contributed by atoms with Crippen molar-refractivity contribution < 1.29 is 27.9 Å². The number of amides is 2. The van der Waals surface area contributed by atoms with Crippen LogP contribution in [0.5, 0.6) is 0 Å². The molecule has 2 rings (SSSR count). The highest BCUT2D eigenvalue weighted by Gasteiger charge is 2.36. The summed E-state index contributed by atoms with van der Waals surface area (Å²) in [6, 6.07) is 4.60. The van der Waals surface area contributed by atoms with E-state index < -0.39 is 28.1 Å². The Morgan fingerprint density at radius 1 is 1.09 bits per heavy atom. The summed E-state index contributed by atoms with van der Waals surface area (Å²) in [5, 5.41) is 12.0. The van der Waals surface area contributed by atoms with Gasteiger partial charge in [-0.05, 0) is 50.2 Å². The minimum absolute atomic E-state index is 0.106. The largest absolute Gasteiger partial charge is 0.480 e. The molecule has 1 aromatic rings. The van der Waals surface area contributed by atoms with Gasteiger partial charge in [-0.3, -0.25) is 9.59 Å². The number of nitrogens with one attached hydrogen (secondary N) is 2. The van der Waals surface area contributed by atoms with E-state index in [0.717, 1.165) is 5.56 Å². The number of carboxylic acid groups (broad SMARTS) is 1. The summed E-state index contributed by atoms with van der Waals surface area (Å²) in [5.41, 5.74) is 0.935. The molecule has 3 unspecified atom stereocenters. The van der Waals surface area contributed by atoms with Gasteiger partial charge in [0.2, 0.25) is 21.8 Å². The van der Waals surface area contributed by atoms with E-state index in [-0.39, 0.29) is 34.5 Å². The number of benzene rings is 1. The summed E-state index contributed by atoms with van der Waals surface area (Å²) in [6.07, 6.45) is 1.74. The highest BCUT2D eigenvalue weighted by atomic mass is 32.2. The van der Waals surface area contributed by atoms with Gasteiger partial charge in [0, 0.05) is 19.0 Å². The molecule has 1 heterocycles. The Morgan fingerprint density at radius 2 is 1.66 bits per heavy atom. The number of carbonyl (C=O) groups excluding carboxylic acids is 2. The van der Waals surface area contributed by atoms with Gasteiger partial charge in [-0.15, -0.1) is 0 Å². The molecule has 0 spiro atoms. The van der Waals surface area contributed by atoms with Gasteiger partial charge in [0.1, 0.15) is 12.1 Å². The van der Waals surface area contributed by atoms with Crippen LogP contribution in [0.15, 0.2) is 29.2 Å². The molecular formula is C25H39N3O6S. The Kier molecular flexibility index (Phi) is 10.3. The second-order valence-electron chi connectivity index (χ2n) is 9.93. The molecule has 1 aliphatic rings. The zero-order valence-electron chi connectivity index (χ0n) is 21.3. The number of likely N-dealkylation sites (tertiary alicyclic amines) is 1. The van der Waals surface area contributed by atoms with Crippen molar-refractivity contribution in [3.8, 4) is 0 Å². The monoisotopic (exact) mass is 509 g/mol. The van der Waals surface area contributed by atoms with Crippen LogP contribution in [-0.2, 0) is 24.4 Å². The van der Waals surface area contributed by atoms with E-state index in [4.69, 9.17) is 0 Å². The number of carboxylic acids is 1. The molecule has 1 fully saturated rings. The lowest BCUT2D eigenvalue weighted by molar-refractivity contribution is -0.143. The molecule has 0 saturated carbocycles. The van der Waals surface area contributed by atoms with Gasteiger partial charge in [-0.1, -0.05) is 51.8 Å². The van der Waals surface area contributed by atoms with Crippen LogP contribution in [0, 0.1) is 24.7 Å². The van der Waals surface area contributed by atoms with Crippen LogP contribution in [0.1, 0.15) is 58.9 Å². The molecular weight excluding hydrogens is 470 g/mol. The zero-order valence-corrected chi connectivity index (χ0v) is 22.1. The van der Waals surface area contributed by atoms with Gasteiger partial charge in [0.15, 0.2) is 0 Å². The number of piperidine rings is 1. The lowest BCUT2D eigenvalue weighted by Crippen LogP contribution is -2.54. The Labute approximate surface area is 208 Å². The van der Waals surface area contributed by atoms with Crippen molar-refractivity contribution in [1.29, 1.82) is 0 Å². The fraction of sp³-hybridized carbons (Fsp3) is 0.640. The first-order chi connectivity index (χ1) is 16.4. The van der Waals surface area contributed by atoms with Gasteiger partial charge < -0.3 is 15.3 Å². The molecule has 1 aliphatic heterocycles. The summed E-state index contributed by atoms with van der Waals surface area (Å²) in [7, 11) is -3.89. The predicted octanol–water partition coefficient (Wildman–Crippen LogP) is 2.54. The summed E-state index contributed by atoms with van der Waals surface area (Å²) in [5.74, 6) is -2.18. The molecule has 0 radical (unpaired) electrons.